The smallest absolute Gasteiger partial charge is 0.225 e. The highest BCUT2D eigenvalue weighted by atomic mass is 16.1. The number of hydrogen-bond donors (Lipinski definition) is 3. The maximum absolute atomic E-state index is 11.3. The van der Waals surface area contributed by atoms with Crippen LogP contribution in [-0.4, -0.2) is 12.1 Å². The first-order valence-electron chi connectivity index (χ1n) is 4.48. The molecule has 4 nitrogen and oxygen atoms in total. The zero-order valence-electron chi connectivity index (χ0n) is 8.16. The summed E-state index contributed by atoms with van der Waals surface area (Å²) in [5, 5.41) is 2.60. The molecule has 14 heavy (non-hydrogen) atoms. The molecule has 4 heteroatoms. The van der Waals surface area contributed by atoms with Crippen molar-refractivity contribution in [2.75, 3.05) is 5.73 Å². The minimum absolute atomic E-state index is 0.113. The molecule has 0 radical (unpaired) electrons. The minimum Gasteiger partial charge on any atom is -0.398 e. The summed E-state index contributed by atoms with van der Waals surface area (Å²) in [5.41, 5.74) is 12.6. The van der Waals surface area contributed by atoms with E-state index in [0.29, 0.717) is 5.69 Å². The van der Waals surface area contributed by atoms with E-state index in [4.69, 9.17) is 11.5 Å². The Morgan fingerprint density at radius 2 is 2.14 bits per heavy atom. The van der Waals surface area contributed by atoms with Crippen LogP contribution in [0.5, 0.6) is 0 Å². The van der Waals surface area contributed by atoms with Crippen LogP contribution in [0.1, 0.15) is 12.5 Å². The number of para-hydroxylation sites is 1. The molecule has 76 valence electrons. The van der Waals surface area contributed by atoms with Gasteiger partial charge in [0.2, 0.25) is 5.91 Å². The normalized spacial score (nSPS) is 12.1. The van der Waals surface area contributed by atoms with Gasteiger partial charge in [-0.2, -0.15) is 0 Å². The molecule has 1 atom stereocenters. The fourth-order valence-electron chi connectivity index (χ4n) is 1.17. The maximum atomic E-state index is 11.3. The first-order valence-corrected chi connectivity index (χ1v) is 4.48. The second-order valence-corrected chi connectivity index (χ2v) is 3.23. The topological polar surface area (TPSA) is 81.1 Å². The quantitative estimate of drug-likeness (QED) is 0.475. The van der Waals surface area contributed by atoms with Gasteiger partial charge in [0, 0.05) is 5.69 Å². The van der Waals surface area contributed by atoms with Gasteiger partial charge in [-0.3, -0.25) is 4.79 Å². The lowest BCUT2D eigenvalue weighted by Crippen LogP contribution is -2.39. The van der Waals surface area contributed by atoms with Crippen molar-refractivity contribution >= 4 is 11.6 Å². The van der Waals surface area contributed by atoms with Gasteiger partial charge in [0.15, 0.2) is 0 Å². The Kier molecular flexibility index (Phi) is 3.48. The number of benzene rings is 1. The van der Waals surface area contributed by atoms with Crippen LogP contribution in [0.3, 0.4) is 0 Å². The largest absolute Gasteiger partial charge is 0.398 e. The highest BCUT2D eigenvalue weighted by Gasteiger charge is 2.06. The van der Waals surface area contributed by atoms with Gasteiger partial charge in [-0.25, -0.2) is 0 Å². The Bertz CT molecular complexity index is 323. The second-order valence-electron chi connectivity index (χ2n) is 3.23. The van der Waals surface area contributed by atoms with E-state index in [-0.39, 0.29) is 18.5 Å². The highest BCUT2D eigenvalue weighted by molar-refractivity contribution is 5.80. The third-order valence-electron chi connectivity index (χ3n) is 1.79. The Labute approximate surface area is 83.3 Å². The molecular weight excluding hydrogens is 178 g/mol. The van der Waals surface area contributed by atoms with Gasteiger partial charge in [-0.15, -0.1) is 0 Å². The Balaban J connectivity index is 2.61. The predicted molar refractivity (Wildman–Crippen MR) is 56.4 cm³/mol. The summed E-state index contributed by atoms with van der Waals surface area (Å²) >= 11 is 0. The summed E-state index contributed by atoms with van der Waals surface area (Å²) in [7, 11) is 0. The number of amides is 1. The van der Waals surface area contributed by atoms with E-state index in [0.717, 1.165) is 5.56 Å². The fourth-order valence-corrected chi connectivity index (χ4v) is 1.17. The first kappa shape index (κ1) is 10.5. The molecule has 0 fully saturated rings. The SMILES string of the molecule is CC(N)NC(=O)Cc1ccccc1N. The van der Waals surface area contributed by atoms with Crippen LogP contribution in [-0.2, 0) is 11.2 Å². The van der Waals surface area contributed by atoms with Gasteiger partial charge in [0.25, 0.3) is 0 Å². The van der Waals surface area contributed by atoms with Crippen molar-refractivity contribution in [3.05, 3.63) is 29.8 Å². The minimum atomic E-state index is -0.326. The summed E-state index contributed by atoms with van der Waals surface area (Å²) in [4.78, 5) is 11.3. The molecule has 1 aromatic carbocycles. The molecule has 1 aromatic rings. The number of hydrogen-bond acceptors (Lipinski definition) is 3. The third kappa shape index (κ3) is 3.06. The Hall–Kier alpha value is -1.55. The lowest BCUT2D eigenvalue weighted by molar-refractivity contribution is -0.120. The van der Waals surface area contributed by atoms with Crippen molar-refractivity contribution in [3.63, 3.8) is 0 Å². The molecule has 0 bridgehead atoms. The monoisotopic (exact) mass is 193 g/mol. The van der Waals surface area contributed by atoms with Crippen LogP contribution in [0.15, 0.2) is 24.3 Å². The molecule has 5 N–H and O–H groups in total. The molecule has 1 unspecified atom stereocenters. The number of carbonyl (C=O) groups excluding carboxylic acids is 1. The van der Waals surface area contributed by atoms with E-state index < -0.39 is 0 Å². The maximum Gasteiger partial charge on any atom is 0.225 e. The Morgan fingerprint density at radius 1 is 1.50 bits per heavy atom. The lowest BCUT2D eigenvalue weighted by atomic mass is 10.1. The number of nitrogens with one attached hydrogen (secondary N) is 1. The van der Waals surface area contributed by atoms with Crippen LogP contribution >= 0.6 is 0 Å². The van der Waals surface area contributed by atoms with Gasteiger partial charge in [0.1, 0.15) is 0 Å². The molecule has 0 saturated heterocycles. The first-order chi connectivity index (χ1) is 6.59. The van der Waals surface area contributed by atoms with E-state index in [2.05, 4.69) is 5.32 Å². The van der Waals surface area contributed by atoms with Crippen LogP contribution in [0.25, 0.3) is 0 Å². The average Bonchev–Trinajstić information content (AvgIpc) is 2.07. The summed E-state index contributed by atoms with van der Waals surface area (Å²) in [6.07, 6.45) is -0.0544. The van der Waals surface area contributed by atoms with E-state index in [1.165, 1.54) is 0 Å². The number of carbonyl (C=O) groups is 1. The zero-order chi connectivity index (χ0) is 10.6. The van der Waals surface area contributed by atoms with E-state index in [1.807, 2.05) is 18.2 Å². The molecule has 0 aliphatic carbocycles. The number of rotatable bonds is 3. The van der Waals surface area contributed by atoms with Crippen LogP contribution in [0, 0.1) is 0 Å². The van der Waals surface area contributed by atoms with Gasteiger partial charge in [0.05, 0.1) is 12.6 Å². The van der Waals surface area contributed by atoms with Crippen LogP contribution < -0.4 is 16.8 Å². The summed E-state index contributed by atoms with van der Waals surface area (Å²) in [6.45, 7) is 1.71. The van der Waals surface area contributed by atoms with Crippen LogP contribution in [0.2, 0.25) is 0 Å². The van der Waals surface area contributed by atoms with Crippen molar-refractivity contribution in [2.45, 2.75) is 19.5 Å². The highest BCUT2D eigenvalue weighted by Crippen LogP contribution is 2.10. The molecule has 0 heterocycles. The Morgan fingerprint density at radius 3 is 2.71 bits per heavy atom. The van der Waals surface area contributed by atoms with E-state index >= 15 is 0 Å². The van der Waals surface area contributed by atoms with Crippen molar-refractivity contribution < 1.29 is 4.79 Å². The van der Waals surface area contributed by atoms with Gasteiger partial charge >= 0.3 is 0 Å². The molecule has 1 amide bonds. The van der Waals surface area contributed by atoms with Gasteiger partial charge in [-0.1, -0.05) is 18.2 Å². The zero-order valence-corrected chi connectivity index (χ0v) is 8.16. The van der Waals surface area contributed by atoms with Crippen molar-refractivity contribution in [1.29, 1.82) is 0 Å². The van der Waals surface area contributed by atoms with Crippen LogP contribution in [0.4, 0.5) is 5.69 Å². The summed E-state index contributed by atoms with van der Waals surface area (Å²) in [5.74, 6) is -0.113. The fraction of sp³-hybridized carbons (Fsp3) is 0.300. The van der Waals surface area contributed by atoms with Crippen molar-refractivity contribution in [1.82, 2.24) is 5.32 Å². The molecular formula is C10H15N3O. The standard InChI is InChI=1S/C10H15N3O/c1-7(11)13-10(14)6-8-4-2-3-5-9(8)12/h2-5,7H,6,11-12H2,1H3,(H,13,14). The van der Waals surface area contributed by atoms with Crippen molar-refractivity contribution in [2.24, 2.45) is 5.73 Å². The van der Waals surface area contributed by atoms with Crippen molar-refractivity contribution in [3.8, 4) is 0 Å². The number of nitrogens with two attached hydrogens (primary N) is 2. The molecule has 0 aromatic heterocycles. The van der Waals surface area contributed by atoms with Gasteiger partial charge < -0.3 is 16.8 Å². The lowest BCUT2D eigenvalue weighted by Gasteiger charge is -2.09. The average molecular weight is 193 g/mol. The molecule has 0 saturated carbocycles. The van der Waals surface area contributed by atoms with E-state index in [1.54, 1.807) is 13.0 Å². The summed E-state index contributed by atoms with van der Waals surface area (Å²) < 4.78 is 0. The summed E-state index contributed by atoms with van der Waals surface area (Å²) in [6, 6.07) is 7.29. The second kappa shape index (κ2) is 4.62. The molecule has 0 aliphatic heterocycles. The number of nitrogen functional groups attached to an aromatic ring is 1. The predicted octanol–water partition coefficient (Wildman–Crippen LogP) is 0.232. The van der Waals surface area contributed by atoms with E-state index in [9.17, 15) is 4.79 Å². The molecule has 0 aliphatic rings. The van der Waals surface area contributed by atoms with Gasteiger partial charge in [-0.05, 0) is 18.6 Å². The molecule has 0 spiro atoms. The molecule has 1 rings (SSSR count). The third-order valence-corrected chi connectivity index (χ3v) is 1.79. The number of anilines is 1.